The topological polar surface area (TPSA) is 88.4 Å². The number of rotatable bonds is 2. The number of hydrogen-bond donors (Lipinski definition) is 1. The van der Waals surface area contributed by atoms with Crippen LogP contribution in [0.5, 0.6) is 0 Å². The zero-order valence-electron chi connectivity index (χ0n) is 12.3. The molecule has 1 aliphatic rings. The minimum atomic E-state index is -0.546. The number of nitro groups is 1. The summed E-state index contributed by atoms with van der Waals surface area (Å²) >= 11 is 0. The number of amides is 2. The minimum Gasteiger partial charge on any atom is -0.324 e. The molecule has 114 valence electrons. The zero-order valence-corrected chi connectivity index (χ0v) is 12.3. The highest BCUT2D eigenvalue weighted by atomic mass is 16.6. The Hall–Kier alpha value is -2.18. The van der Waals surface area contributed by atoms with Crippen molar-refractivity contribution in [1.82, 2.24) is 9.88 Å². The van der Waals surface area contributed by atoms with Gasteiger partial charge in [0.05, 0.1) is 4.92 Å². The number of hydrogen-bond acceptors (Lipinski definition) is 4. The molecule has 1 saturated heterocycles. The van der Waals surface area contributed by atoms with Gasteiger partial charge in [-0.05, 0) is 30.7 Å². The summed E-state index contributed by atoms with van der Waals surface area (Å²) in [6.45, 7) is 5.66. The van der Waals surface area contributed by atoms with Gasteiger partial charge in [0.2, 0.25) is 0 Å². The molecule has 1 aromatic heterocycles. The predicted octanol–water partition coefficient (Wildman–Crippen LogP) is 2.89. The number of anilines is 1. The van der Waals surface area contributed by atoms with Crippen LogP contribution in [0.4, 0.5) is 16.2 Å². The van der Waals surface area contributed by atoms with Crippen LogP contribution >= 0.6 is 0 Å². The summed E-state index contributed by atoms with van der Waals surface area (Å²) in [5.74, 6) is 1.02. The van der Waals surface area contributed by atoms with E-state index in [1.165, 1.54) is 12.3 Å². The van der Waals surface area contributed by atoms with Crippen LogP contribution in [-0.2, 0) is 0 Å². The second-order valence-electron chi connectivity index (χ2n) is 5.76. The molecule has 7 nitrogen and oxygen atoms in total. The van der Waals surface area contributed by atoms with Gasteiger partial charge in [-0.1, -0.05) is 13.8 Å². The average molecular weight is 292 g/mol. The smallest absolute Gasteiger partial charge is 0.322 e. The van der Waals surface area contributed by atoms with E-state index in [1.54, 1.807) is 4.90 Å². The summed E-state index contributed by atoms with van der Waals surface area (Å²) < 4.78 is 0. The monoisotopic (exact) mass is 292 g/mol. The summed E-state index contributed by atoms with van der Waals surface area (Å²) in [4.78, 5) is 28.2. The minimum absolute atomic E-state index is 0.185. The molecule has 2 heterocycles. The average Bonchev–Trinajstić information content (AvgIpc) is 2.60. The highest BCUT2D eigenvalue weighted by Crippen LogP contribution is 2.24. The Morgan fingerprint density at radius 2 is 2.24 bits per heavy atom. The molecule has 1 aliphatic heterocycles. The van der Waals surface area contributed by atoms with Gasteiger partial charge in [-0.15, -0.1) is 0 Å². The summed E-state index contributed by atoms with van der Waals surface area (Å²) in [6, 6.07) is 1.16. The zero-order chi connectivity index (χ0) is 15.4. The van der Waals surface area contributed by atoms with Crippen LogP contribution in [-0.4, -0.2) is 33.9 Å². The molecule has 0 spiro atoms. The first-order valence-electron chi connectivity index (χ1n) is 7.11. The van der Waals surface area contributed by atoms with Crippen LogP contribution < -0.4 is 5.32 Å². The Bertz CT molecular complexity index is 535. The quantitative estimate of drug-likeness (QED) is 0.670. The lowest BCUT2D eigenvalue weighted by Crippen LogP contribution is -2.37. The molecule has 0 saturated carbocycles. The van der Waals surface area contributed by atoms with Crippen molar-refractivity contribution in [2.75, 3.05) is 18.4 Å². The number of nitrogens with one attached hydrogen (secondary N) is 1. The number of likely N-dealkylation sites (tertiary alicyclic amines) is 1. The molecule has 0 unspecified atom stereocenters. The summed E-state index contributed by atoms with van der Waals surface area (Å²) in [6.07, 6.45) is 4.62. The highest BCUT2D eigenvalue weighted by Gasteiger charge is 2.24. The van der Waals surface area contributed by atoms with E-state index in [2.05, 4.69) is 24.1 Å². The predicted molar refractivity (Wildman–Crippen MR) is 79.0 cm³/mol. The van der Waals surface area contributed by atoms with Crippen molar-refractivity contribution in [2.24, 2.45) is 11.8 Å². The van der Waals surface area contributed by atoms with E-state index in [0.29, 0.717) is 24.9 Å². The van der Waals surface area contributed by atoms with E-state index >= 15 is 0 Å². The van der Waals surface area contributed by atoms with Crippen molar-refractivity contribution in [3.63, 3.8) is 0 Å². The SMILES string of the molecule is C[C@@H]1CCN(C(=O)Nc2ccncc2[N+](=O)[O-])C[C@@H](C)C1. The molecule has 7 heteroatoms. The number of aromatic nitrogens is 1. The molecule has 0 aliphatic carbocycles. The van der Waals surface area contributed by atoms with E-state index in [1.807, 2.05) is 0 Å². The summed E-state index contributed by atoms with van der Waals surface area (Å²) in [7, 11) is 0. The molecular weight excluding hydrogens is 272 g/mol. The third-order valence-corrected chi connectivity index (χ3v) is 3.75. The highest BCUT2D eigenvalue weighted by molar-refractivity contribution is 5.91. The largest absolute Gasteiger partial charge is 0.324 e. The Labute approximate surface area is 123 Å². The molecule has 0 radical (unpaired) electrons. The van der Waals surface area contributed by atoms with E-state index in [9.17, 15) is 14.9 Å². The Morgan fingerprint density at radius 3 is 2.95 bits per heavy atom. The molecular formula is C14H20N4O3. The fourth-order valence-electron chi connectivity index (χ4n) is 2.74. The maximum absolute atomic E-state index is 12.3. The number of pyridine rings is 1. The van der Waals surface area contributed by atoms with Gasteiger partial charge in [0.1, 0.15) is 11.9 Å². The van der Waals surface area contributed by atoms with Gasteiger partial charge in [0.25, 0.3) is 0 Å². The Kier molecular flexibility index (Phi) is 4.72. The third-order valence-electron chi connectivity index (χ3n) is 3.75. The van der Waals surface area contributed by atoms with Crippen molar-refractivity contribution in [3.8, 4) is 0 Å². The number of nitrogens with zero attached hydrogens (tertiary/aromatic N) is 3. The van der Waals surface area contributed by atoms with Crippen LogP contribution in [0.1, 0.15) is 26.7 Å². The fourth-order valence-corrected chi connectivity index (χ4v) is 2.74. The number of carbonyl (C=O) groups is 1. The van der Waals surface area contributed by atoms with Crippen molar-refractivity contribution in [3.05, 3.63) is 28.6 Å². The second kappa shape index (κ2) is 6.51. The summed E-state index contributed by atoms with van der Waals surface area (Å²) in [5, 5.41) is 13.6. The lowest BCUT2D eigenvalue weighted by molar-refractivity contribution is -0.384. The van der Waals surface area contributed by atoms with Gasteiger partial charge in [-0.3, -0.25) is 15.1 Å². The van der Waals surface area contributed by atoms with E-state index < -0.39 is 4.92 Å². The fraction of sp³-hybridized carbons (Fsp3) is 0.571. The molecule has 1 N–H and O–H groups in total. The van der Waals surface area contributed by atoms with Crippen LogP contribution in [0.25, 0.3) is 0 Å². The van der Waals surface area contributed by atoms with Crippen LogP contribution in [0.3, 0.4) is 0 Å². The molecule has 1 fully saturated rings. The van der Waals surface area contributed by atoms with Crippen molar-refractivity contribution in [2.45, 2.75) is 26.7 Å². The first-order valence-corrected chi connectivity index (χ1v) is 7.11. The molecule has 21 heavy (non-hydrogen) atoms. The molecule has 2 rings (SSSR count). The molecule has 1 aromatic rings. The first-order chi connectivity index (χ1) is 9.97. The molecule has 2 atom stereocenters. The number of carbonyl (C=O) groups excluding carboxylic acids is 1. The van der Waals surface area contributed by atoms with Crippen LogP contribution in [0.15, 0.2) is 18.5 Å². The Morgan fingerprint density at radius 1 is 1.48 bits per heavy atom. The maximum atomic E-state index is 12.3. The summed E-state index contributed by atoms with van der Waals surface area (Å²) in [5.41, 5.74) is -0.00737. The molecule has 0 bridgehead atoms. The van der Waals surface area contributed by atoms with Gasteiger partial charge < -0.3 is 10.2 Å². The lowest BCUT2D eigenvalue weighted by Gasteiger charge is -2.22. The van der Waals surface area contributed by atoms with Crippen LogP contribution in [0, 0.1) is 22.0 Å². The molecule has 0 aromatic carbocycles. The lowest BCUT2D eigenvalue weighted by atomic mass is 9.97. The van der Waals surface area contributed by atoms with E-state index in [-0.39, 0.29) is 17.4 Å². The third kappa shape index (κ3) is 3.90. The van der Waals surface area contributed by atoms with Gasteiger partial charge in [-0.25, -0.2) is 4.79 Å². The van der Waals surface area contributed by atoms with Crippen LogP contribution in [0.2, 0.25) is 0 Å². The van der Waals surface area contributed by atoms with E-state index in [0.717, 1.165) is 19.0 Å². The maximum Gasteiger partial charge on any atom is 0.322 e. The van der Waals surface area contributed by atoms with E-state index in [4.69, 9.17) is 0 Å². The normalized spacial score (nSPS) is 22.5. The van der Waals surface area contributed by atoms with Crippen molar-refractivity contribution in [1.29, 1.82) is 0 Å². The second-order valence-corrected chi connectivity index (χ2v) is 5.76. The van der Waals surface area contributed by atoms with Gasteiger partial charge >= 0.3 is 11.7 Å². The van der Waals surface area contributed by atoms with Crippen molar-refractivity contribution >= 4 is 17.4 Å². The first kappa shape index (κ1) is 15.2. The standard InChI is InChI=1S/C14H20N4O3/c1-10-4-6-17(9-11(2)7-10)14(19)16-12-3-5-15-8-13(12)18(20)21/h3,5,8,10-11H,4,6-7,9H2,1-2H3,(H,15,16,19)/t10-,11+/m1/s1. The Balaban J connectivity index is 2.09. The molecule has 2 amide bonds. The van der Waals surface area contributed by atoms with Gasteiger partial charge in [-0.2, -0.15) is 0 Å². The number of urea groups is 1. The van der Waals surface area contributed by atoms with Crippen molar-refractivity contribution < 1.29 is 9.72 Å². The van der Waals surface area contributed by atoms with Gasteiger partial charge in [0.15, 0.2) is 0 Å². The van der Waals surface area contributed by atoms with Gasteiger partial charge in [0, 0.05) is 19.3 Å².